The summed E-state index contributed by atoms with van der Waals surface area (Å²) in [6.45, 7) is 4.27. The summed E-state index contributed by atoms with van der Waals surface area (Å²) >= 11 is 0. The smallest absolute Gasteiger partial charge is 0.397 e. The average molecular weight is 438 g/mol. The van der Waals surface area contributed by atoms with Crippen molar-refractivity contribution in [2.45, 2.75) is 19.1 Å². The van der Waals surface area contributed by atoms with Crippen molar-refractivity contribution in [3.8, 4) is 11.5 Å². The van der Waals surface area contributed by atoms with Gasteiger partial charge in [-0.2, -0.15) is 8.42 Å². The first-order chi connectivity index (χ1) is 14.5. The first-order valence-corrected chi connectivity index (χ1v) is 11.2. The molecule has 1 N–H and O–H groups in total. The van der Waals surface area contributed by atoms with Crippen LogP contribution in [0, 0.1) is 0 Å². The SMILES string of the molecule is CCOc1ccccc1O[C@@H](c1ccccc1)[C@@H]1CN(CCOS(=O)(=O)O)CCO1. The molecule has 8 nitrogen and oxygen atoms in total. The third-order valence-electron chi connectivity index (χ3n) is 4.69. The fourth-order valence-corrected chi connectivity index (χ4v) is 3.64. The fourth-order valence-electron chi connectivity index (χ4n) is 3.35. The molecule has 0 amide bonds. The van der Waals surface area contributed by atoms with Crippen LogP contribution in [0.25, 0.3) is 0 Å². The zero-order valence-electron chi connectivity index (χ0n) is 16.8. The van der Waals surface area contributed by atoms with Crippen LogP contribution in [0.4, 0.5) is 0 Å². The summed E-state index contributed by atoms with van der Waals surface area (Å²) in [5, 5.41) is 0. The first-order valence-electron chi connectivity index (χ1n) is 9.85. The molecular formula is C21H27NO7S. The monoisotopic (exact) mass is 437 g/mol. The van der Waals surface area contributed by atoms with E-state index in [0.29, 0.717) is 44.3 Å². The fraction of sp³-hybridized carbons (Fsp3) is 0.429. The third kappa shape index (κ3) is 6.68. The lowest BCUT2D eigenvalue weighted by Crippen LogP contribution is -2.47. The van der Waals surface area contributed by atoms with Crippen LogP contribution in [-0.2, 0) is 19.3 Å². The Morgan fingerprint density at radius 1 is 1.13 bits per heavy atom. The Hall–Kier alpha value is -2.17. The molecule has 9 heteroatoms. The van der Waals surface area contributed by atoms with E-state index in [9.17, 15) is 8.42 Å². The molecule has 1 heterocycles. The van der Waals surface area contributed by atoms with Crippen molar-refractivity contribution in [2.75, 3.05) is 39.5 Å². The second-order valence-electron chi connectivity index (χ2n) is 6.79. The normalized spacial score (nSPS) is 18.7. The first kappa shape index (κ1) is 22.5. The van der Waals surface area contributed by atoms with Crippen LogP contribution >= 0.6 is 0 Å². The molecule has 0 aliphatic carbocycles. The van der Waals surface area contributed by atoms with Gasteiger partial charge in [0.1, 0.15) is 6.10 Å². The van der Waals surface area contributed by atoms with Crippen molar-refractivity contribution in [3.63, 3.8) is 0 Å². The Bertz CT molecular complexity index is 891. The van der Waals surface area contributed by atoms with Gasteiger partial charge in [0.2, 0.25) is 0 Å². The van der Waals surface area contributed by atoms with E-state index < -0.39 is 16.5 Å². The second kappa shape index (κ2) is 10.7. The standard InChI is InChI=1S/C21H27NO7S/c1-2-26-18-10-6-7-11-19(18)29-21(17-8-4-3-5-9-17)20-16-22(12-14-27-20)13-15-28-30(23,24)25/h3-11,20-21H,2,12-16H2,1H3,(H,23,24,25)/t20-,21-/m0/s1. The Morgan fingerprint density at radius 3 is 2.53 bits per heavy atom. The molecule has 1 saturated heterocycles. The van der Waals surface area contributed by atoms with Crippen molar-refractivity contribution >= 4 is 10.4 Å². The van der Waals surface area contributed by atoms with Crippen molar-refractivity contribution in [2.24, 2.45) is 0 Å². The van der Waals surface area contributed by atoms with Gasteiger partial charge in [-0.25, -0.2) is 4.18 Å². The molecule has 0 radical (unpaired) electrons. The molecule has 2 aromatic carbocycles. The molecule has 2 atom stereocenters. The minimum absolute atomic E-state index is 0.129. The summed E-state index contributed by atoms with van der Waals surface area (Å²) in [4.78, 5) is 2.02. The Balaban J connectivity index is 1.76. The van der Waals surface area contributed by atoms with Gasteiger partial charge in [0.15, 0.2) is 17.6 Å². The summed E-state index contributed by atoms with van der Waals surface area (Å²) in [5.41, 5.74) is 0.963. The highest BCUT2D eigenvalue weighted by molar-refractivity contribution is 7.80. The lowest BCUT2D eigenvalue weighted by Gasteiger charge is -2.37. The summed E-state index contributed by atoms with van der Waals surface area (Å²) in [6, 6.07) is 17.3. The van der Waals surface area contributed by atoms with Crippen LogP contribution in [0.5, 0.6) is 11.5 Å². The van der Waals surface area contributed by atoms with Gasteiger partial charge in [0.05, 0.1) is 19.8 Å². The Morgan fingerprint density at radius 2 is 1.83 bits per heavy atom. The van der Waals surface area contributed by atoms with Crippen LogP contribution in [0.2, 0.25) is 0 Å². The predicted octanol–water partition coefficient (Wildman–Crippen LogP) is 2.73. The van der Waals surface area contributed by atoms with Crippen LogP contribution in [0.3, 0.4) is 0 Å². The molecule has 0 saturated carbocycles. The van der Waals surface area contributed by atoms with E-state index in [1.807, 2.05) is 66.4 Å². The second-order valence-corrected chi connectivity index (χ2v) is 7.88. The van der Waals surface area contributed by atoms with Crippen molar-refractivity contribution < 1.29 is 31.4 Å². The number of para-hydroxylation sites is 2. The molecule has 164 valence electrons. The quantitative estimate of drug-likeness (QED) is 0.567. The topological polar surface area (TPSA) is 94.5 Å². The van der Waals surface area contributed by atoms with E-state index >= 15 is 0 Å². The highest BCUT2D eigenvalue weighted by Crippen LogP contribution is 2.34. The minimum atomic E-state index is -4.45. The van der Waals surface area contributed by atoms with Gasteiger partial charge in [-0.1, -0.05) is 42.5 Å². The van der Waals surface area contributed by atoms with Crippen LogP contribution < -0.4 is 9.47 Å². The molecule has 1 aliphatic heterocycles. The number of nitrogens with zero attached hydrogens (tertiary/aromatic N) is 1. The van der Waals surface area contributed by atoms with Gasteiger partial charge in [0, 0.05) is 19.6 Å². The summed E-state index contributed by atoms with van der Waals surface area (Å²) in [7, 11) is -4.45. The number of rotatable bonds is 10. The van der Waals surface area contributed by atoms with Crippen LogP contribution in [0.15, 0.2) is 54.6 Å². The van der Waals surface area contributed by atoms with E-state index in [1.54, 1.807) is 0 Å². The van der Waals surface area contributed by atoms with E-state index in [4.69, 9.17) is 18.8 Å². The number of morpholine rings is 1. The van der Waals surface area contributed by atoms with Gasteiger partial charge in [-0.15, -0.1) is 0 Å². The zero-order valence-corrected chi connectivity index (χ0v) is 17.7. The summed E-state index contributed by atoms with van der Waals surface area (Å²) in [6.07, 6.45) is -0.681. The number of hydrogen-bond acceptors (Lipinski definition) is 7. The maximum atomic E-state index is 10.8. The number of benzene rings is 2. The summed E-state index contributed by atoms with van der Waals surface area (Å²) < 4.78 is 52.9. The molecule has 1 fully saturated rings. The molecule has 30 heavy (non-hydrogen) atoms. The molecule has 0 spiro atoms. The van der Waals surface area contributed by atoms with E-state index in [0.717, 1.165) is 5.56 Å². The largest absolute Gasteiger partial charge is 0.490 e. The Labute approximate surface area is 177 Å². The molecule has 2 aromatic rings. The predicted molar refractivity (Wildman–Crippen MR) is 111 cm³/mol. The molecule has 0 bridgehead atoms. The molecule has 3 rings (SSSR count). The van der Waals surface area contributed by atoms with Gasteiger partial charge in [-0.3, -0.25) is 9.45 Å². The minimum Gasteiger partial charge on any atom is -0.490 e. The van der Waals surface area contributed by atoms with E-state index in [-0.39, 0.29) is 12.7 Å². The van der Waals surface area contributed by atoms with Crippen LogP contribution in [-0.4, -0.2) is 63.4 Å². The number of ether oxygens (including phenoxy) is 3. The molecule has 0 unspecified atom stereocenters. The molecule has 0 aromatic heterocycles. The Kier molecular flexibility index (Phi) is 8.06. The lowest BCUT2D eigenvalue weighted by atomic mass is 10.0. The van der Waals surface area contributed by atoms with E-state index in [1.165, 1.54) is 0 Å². The van der Waals surface area contributed by atoms with Crippen LogP contribution in [0.1, 0.15) is 18.6 Å². The molecule has 1 aliphatic rings. The van der Waals surface area contributed by atoms with Gasteiger partial charge in [-0.05, 0) is 24.6 Å². The van der Waals surface area contributed by atoms with Gasteiger partial charge < -0.3 is 14.2 Å². The maximum absolute atomic E-state index is 10.8. The highest BCUT2D eigenvalue weighted by Gasteiger charge is 2.31. The zero-order chi connectivity index (χ0) is 21.4. The van der Waals surface area contributed by atoms with Gasteiger partial charge >= 0.3 is 10.4 Å². The number of hydrogen-bond donors (Lipinski definition) is 1. The highest BCUT2D eigenvalue weighted by atomic mass is 32.3. The van der Waals surface area contributed by atoms with Crippen molar-refractivity contribution in [1.29, 1.82) is 0 Å². The summed E-state index contributed by atoms with van der Waals surface area (Å²) in [5.74, 6) is 1.29. The average Bonchev–Trinajstić information content (AvgIpc) is 2.73. The lowest BCUT2D eigenvalue weighted by molar-refractivity contribution is -0.0837. The van der Waals surface area contributed by atoms with E-state index in [2.05, 4.69) is 4.18 Å². The van der Waals surface area contributed by atoms with Gasteiger partial charge in [0.25, 0.3) is 0 Å². The van der Waals surface area contributed by atoms with Crippen molar-refractivity contribution in [3.05, 3.63) is 60.2 Å². The maximum Gasteiger partial charge on any atom is 0.397 e. The molecular weight excluding hydrogens is 410 g/mol. The van der Waals surface area contributed by atoms with Crippen molar-refractivity contribution in [1.82, 2.24) is 4.90 Å². The third-order valence-corrected chi connectivity index (χ3v) is 5.15.